The van der Waals surface area contributed by atoms with E-state index in [1.165, 1.54) is 18.3 Å². The second kappa shape index (κ2) is 6.85. The van der Waals surface area contributed by atoms with Crippen molar-refractivity contribution in [1.82, 2.24) is 4.98 Å². The predicted molar refractivity (Wildman–Crippen MR) is 85.1 cm³/mol. The number of hydrogen-bond acceptors (Lipinski definition) is 4. The van der Waals surface area contributed by atoms with Crippen LogP contribution < -0.4 is 15.2 Å². The summed E-state index contributed by atoms with van der Waals surface area (Å²) in [6, 6.07) is 6.08. The molecule has 1 aromatic heterocycles. The monoisotopic (exact) mass is 340 g/mol. The van der Waals surface area contributed by atoms with Gasteiger partial charge in [0, 0.05) is 11.6 Å². The van der Waals surface area contributed by atoms with Crippen molar-refractivity contribution in [1.29, 1.82) is 0 Å². The molecular weight excluding hydrogens is 327 g/mol. The lowest BCUT2D eigenvalue weighted by molar-refractivity contribution is 0.100. The van der Waals surface area contributed by atoms with Crippen LogP contribution in [0.3, 0.4) is 0 Å². The standard InChI is InChI=1S/C15H14Cl2N2O3/c1-8(2)21-15-12(17)6-10(7-19-15)22-13-4-3-9(14(18)20)5-11(13)16/h3-8H,1-2H3,(H2,18,20). The molecule has 1 amide bonds. The molecule has 1 heterocycles. The number of halogens is 2. The van der Waals surface area contributed by atoms with Gasteiger partial charge in [-0.25, -0.2) is 4.98 Å². The van der Waals surface area contributed by atoms with Crippen molar-refractivity contribution in [2.75, 3.05) is 0 Å². The molecule has 0 radical (unpaired) electrons. The van der Waals surface area contributed by atoms with Crippen LogP contribution in [-0.4, -0.2) is 17.0 Å². The molecule has 0 aliphatic rings. The van der Waals surface area contributed by atoms with Gasteiger partial charge in [0.05, 0.1) is 17.3 Å². The largest absolute Gasteiger partial charge is 0.474 e. The third-order valence-electron chi connectivity index (χ3n) is 2.57. The van der Waals surface area contributed by atoms with Gasteiger partial charge in [0.25, 0.3) is 0 Å². The Hall–Kier alpha value is -1.98. The molecule has 116 valence electrons. The minimum atomic E-state index is -0.562. The molecule has 0 aliphatic carbocycles. The highest BCUT2D eigenvalue weighted by atomic mass is 35.5. The number of rotatable bonds is 5. The number of nitrogens with two attached hydrogens (primary N) is 1. The fraction of sp³-hybridized carbons (Fsp3) is 0.200. The lowest BCUT2D eigenvalue weighted by Gasteiger charge is -2.12. The molecule has 0 aliphatic heterocycles. The van der Waals surface area contributed by atoms with Crippen LogP contribution in [0.5, 0.6) is 17.4 Å². The highest BCUT2D eigenvalue weighted by molar-refractivity contribution is 6.32. The number of amides is 1. The van der Waals surface area contributed by atoms with Crippen molar-refractivity contribution in [3.63, 3.8) is 0 Å². The second-order valence-electron chi connectivity index (χ2n) is 4.74. The highest BCUT2D eigenvalue weighted by Crippen LogP contribution is 2.33. The van der Waals surface area contributed by atoms with Gasteiger partial charge in [0.2, 0.25) is 11.8 Å². The van der Waals surface area contributed by atoms with Crippen molar-refractivity contribution in [2.45, 2.75) is 20.0 Å². The summed E-state index contributed by atoms with van der Waals surface area (Å²) < 4.78 is 11.0. The molecule has 0 spiro atoms. The number of ether oxygens (including phenoxy) is 2. The molecule has 5 nitrogen and oxygen atoms in total. The Kier molecular flexibility index (Phi) is 5.11. The topological polar surface area (TPSA) is 74.4 Å². The van der Waals surface area contributed by atoms with Gasteiger partial charge in [-0.1, -0.05) is 23.2 Å². The molecule has 0 fully saturated rings. The van der Waals surface area contributed by atoms with Crippen molar-refractivity contribution in [2.24, 2.45) is 5.73 Å². The average molecular weight is 341 g/mol. The summed E-state index contributed by atoms with van der Waals surface area (Å²) in [6.45, 7) is 3.75. The molecule has 7 heteroatoms. The summed E-state index contributed by atoms with van der Waals surface area (Å²) >= 11 is 12.1. The number of benzene rings is 1. The fourth-order valence-corrected chi connectivity index (χ4v) is 2.06. The zero-order valence-electron chi connectivity index (χ0n) is 12.0. The van der Waals surface area contributed by atoms with E-state index in [9.17, 15) is 4.79 Å². The molecule has 2 N–H and O–H groups in total. The first-order valence-corrected chi connectivity index (χ1v) is 7.22. The Bertz CT molecular complexity index is 705. The number of primary amides is 1. The van der Waals surface area contributed by atoms with Crippen LogP contribution in [0.4, 0.5) is 0 Å². The van der Waals surface area contributed by atoms with Gasteiger partial charge in [-0.15, -0.1) is 0 Å². The Labute approximate surface area is 138 Å². The summed E-state index contributed by atoms with van der Waals surface area (Å²) in [7, 11) is 0. The van der Waals surface area contributed by atoms with E-state index in [2.05, 4.69) is 4.98 Å². The molecular formula is C15H14Cl2N2O3. The minimum Gasteiger partial charge on any atom is -0.474 e. The van der Waals surface area contributed by atoms with E-state index in [4.69, 9.17) is 38.4 Å². The van der Waals surface area contributed by atoms with Crippen LogP contribution >= 0.6 is 23.2 Å². The maximum absolute atomic E-state index is 11.1. The van der Waals surface area contributed by atoms with Gasteiger partial charge in [0.15, 0.2) is 0 Å². The molecule has 0 atom stereocenters. The predicted octanol–water partition coefficient (Wildman–Crippen LogP) is 4.07. The third kappa shape index (κ3) is 4.02. The Morgan fingerprint density at radius 1 is 1.23 bits per heavy atom. The summed E-state index contributed by atoms with van der Waals surface area (Å²) in [4.78, 5) is 15.2. The van der Waals surface area contributed by atoms with E-state index >= 15 is 0 Å². The first-order chi connectivity index (χ1) is 10.4. The second-order valence-corrected chi connectivity index (χ2v) is 5.55. The van der Waals surface area contributed by atoms with Crippen molar-refractivity contribution in [3.8, 4) is 17.4 Å². The normalized spacial score (nSPS) is 10.6. The van der Waals surface area contributed by atoms with Crippen LogP contribution in [0.1, 0.15) is 24.2 Å². The highest BCUT2D eigenvalue weighted by Gasteiger charge is 2.11. The lowest BCUT2D eigenvalue weighted by atomic mass is 10.2. The number of aromatic nitrogens is 1. The van der Waals surface area contributed by atoms with Crippen LogP contribution in [0.15, 0.2) is 30.5 Å². The maximum atomic E-state index is 11.1. The maximum Gasteiger partial charge on any atom is 0.248 e. The van der Waals surface area contributed by atoms with E-state index in [-0.39, 0.29) is 11.1 Å². The third-order valence-corrected chi connectivity index (χ3v) is 3.14. The van der Waals surface area contributed by atoms with Crippen molar-refractivity contribution >= 4 is 29.1 Å². The van der Waals surface area contributed by atoms with Crippen molar-refractivity contribution in [3.05, 3.63) is 46.1 Å². The van der Waals surface area contributed by atoms with Gasteiger partial charge in [-0.05, 0) is 32.0 Å². The van der Waals surface area contributed by atoms with Gasteiger partial charge >= 0.3 is 0 Å². The molecule has 0 unspecified atom stereocenters. The quantitative estimate of drug-likeness (QED) is 0.890. The van der Waals surface area contributed by atoms with Gasteiger partial charge in [-0.2, -0.15) is 0 Å². The Balaban J connectivity index is 2.20. The summed E-state index contributed by atoms with van der Waals surface area (Å²) in [5.74, 6) is 0.532. The summed E-state index contributed by atoms with van der Waals surface area (Å²) in [6.07, 6.45) is 1.44. The molecule has 0 saturated carbocycles. The molecule has 2 rings (SSSR count). The smallest absolute Gasteiger partial charge is 0.248 e. The summed E-state index contributed by atoms with van der Waals surface area (Å²) in [5, 5.41) is 0.589. The van der Waals surface area contributed by atoms with E-state index in [1.54, 1.807) is 12.1 Å². The molecule has 1 aromatic carbocycles. The number of pyridine rings is 1. The number of nitrogens with zero attached hydrogens (tertiary/aromatic N) is 1. The van der Waals surface area contributed by atoms with E-state index < -0.39 is 5.91 Å². The molecule has 0 bridgehead atoms. The number of hydrogen-bond donors (Lipinski definition) is 1. The minimum absolute atomic E-state index is 0.0347. The molecule has 2 aromatic rings. The number of carbonyl (C=O) groups is 1. The summed E-state index contributed by atoms with van der Waals surface area (Å²) in [5.41, 5.74) is 5.48. The van der Waals surface area contributed by atoms with E-state index in [0.717, 1.165) is 0 Å². The van der Waals surface area contributed by atoms with Gasteiger partial charge < -0.3 is 15.2 Å². The Morgan fingerprint density at radius 3 is 2.50 bits per heavy atom. The molecule has 22 heavy (non-hydrogen) atoms. The van der Waals surface area contributed by atoms with Crippen LogP contribution in [-0.2, 0) is 0 Å². The SMILES string of the molecule is CC(C)Oc1ncc(Oc2ccc(C(N)=O)cc2Cl)cc1Cl. The van der Waals surface area contributed by atoms with Crippen molar-refractivity contribution < 1.29 is 14.3 Å². The van der Waals surface area contributed by atoms with E-state index in [1.807, 2.05) is 13.8 Å². The zero-order valence-corrected chi connectivity index (χ0v) is 13.5. The first-order valence-electron chi connectivity index (χ1n) is 6.46. The molecule has 0 saturated heterocycles. The fourth-order valence-electron chi connectivity index (χ4n) is 1.64. The van der Waals surface area contributed by atoms with Crippen LogP contribution in [0, 0.1) is 0 Å². The Morgan fingerprint density at radius 2 is 1.95 bits per heavy atom. The van der Waals surface area contributed by atoms with E-state index in [0.29, 0.717) is 28.0 Å². The number of carbonyl (C=O) groups excluding carboxylic acids is 1. The van der Waals surface area contributed by atoms with Gasteiger partial charge in [-0.3, -0.25) is 4.79 Å². The van der Waals surface area contributed by atoms with Crippen LogP contribution in [0.25, 0.3) is 0 Å². The van der Waals surface area contributed by atoms with Crippen LogP contribution in [0.2, 0.25) is 10.0 Å². The lowest BCUT2D eigenvalue weighted by Crippen LogP contribution is -2.10. The average Bonchev–Trinajstić information content (AvgIpc) is 2.43. The first kappa shape index (κ1) is 16.4. The zero-order chi connectivity index (χ0) is 16.3. The van der Waals surface area contributed by atoms with Gasteiger partial charge in [0.1, 0.15) is 16.5 Å².